The summed E-state index contributed by atoms with van der Waals surface area (Å²) in [7, 11) is 0. The zero-order chi connectivity index (χ0) is 20.6. The summed E-state index contributed by atoms with van der Waals surface area (Å²) < 4.78 is 14.9. The molecule has 0 bridgehead atoms. The number of amides is 1. The van der Waals surface area contributed by atoms with Crippen molar-refractivity contribution in [2.24, 2.45) is 0 Å². The molecule has 0 spiro atoms. The molecule has 1 aromatic heterocycles. The summed E-state index contributed by atoms with van der Waals surface area (Å²) in [6.07, 6.45) is 0. The molecule has 6 nitrogen and oxygen atoms in total. The predicted octanol–water partition coefficient (Wildman–Crippen LogP) is 3.75. The summed E-state index contributed by atoms with van der Waals surface area (Å²) in [5.41, 5.74) is 1.70. The molecule has 0 aliphatic carbocycles. The van der Waals surface area contributed by atoms with Crippen LogP contribution in [-0.2, 0) is 16.9 Å². The van der Waals surface area contributed by atoms with Gasteiger partial charge in [-0.3, -0.25) is 4.79 Å². The quantitative estimate of drug-likeness (QED) is 0.629. The average Bonchev–Trinajstić information content (AvgIpc) is 3.16. The normalized spacial score (nSPS) is 19.6. The van der Waals surface area contributed by atoms with Gasteiger partial charge in [0.05, 0.1) is 16.5 Å². The number of nitrogens with zero attached hydrogens (tertiary/aromatic N) is 5. The van der Waals surface area contributed by atoms with Gasteiger partial charge in [-0.15, -0.1) is 16.9 Å². The van der Waals surface area contributed by atoms with E-state index < -0.39 is 5.54 Å². The van der Waals surface area contributed by atoms with Crippen molar-refractivity contribution in [1.82, 2.24) is 25.1 Å². The topological polar surface area (TPSA) is 63.9 Å². The second-order valence-electron chi connectivity index (χ2n) is 7.19. The first-order valence-electron chi connectivity index (χ1n) is 9.07. The summed E-state index contributed by atoms with van der Waals surface area (Å²) in [5.74, 6) is 1.22. The van der Waals surface area contributed by atoms with Gasteiger partial charge in [0.25, 0.3) is 0 Å². The Labute approximate surface area is 177 Å². The number of rotatable bonds is 4. The lowest BCUT2D eigenvalue weighted by molar-refractivity contribution is -0.135. The van der Waals surface area contributed by atoms with E-state index in [4.69, 9.17) is 11.6 Å². The number of aryl methyl sites for hydroxylation is 1. The minimum absolute atomic E-state index is 0.0153. The second-order valence-corrected chi connectivity index (χ2v) is 8.59. The van der Waals surface area contributed by atoms with Crippen LogP contribution in [0.3, 0.4) is 0 Å². The lowest BCUT2D eigenvalue weighted by atomic mass is 9.99. The molecule has 1 amide bonds. The molecule has 2 aromatic carbocycles. The highest BCUT2D eigenvalue weighted by Crippen LogP contribution is 2.38. The van der Waals surface area contributed by atoms with Crippen LogP contribution in [0, 0.1) is 12.7 Å². The number of thioether (sulfide) groups is 1. The summed E-state index contributed by atoms with van der Waals surface area (Å²) in [6, 6.07) is 11.8. The van der Waals surface area contributed by atoms with Crippen LogP contribution < -0.4 is 0 Å². The molecule has 1 fully saturated rings. The van der Waals surface area contributed by atoms with E-state index in [1.165, 1.54) is 12.1 Å². The van der Waals surface area contributed by atoms with Gasteiger partial charge in [-0.1, -0.05) is 35.9 Å². The Balaban J connectivity index is 1.79. The number of carbonyl (C=O) groups is 1. The van der Waals surface area contributed by atoms with E-state index in [9.17, 15) is 9.18 Å². The van der Waals surface area contributed by atoms with E-state index in [0.29, 0.717) is 34.6 Å². The number of hydrogen-bond acceptors (Lipinski definition) is 5. The van der Waals surface area contributed by atoms with Crippen molar-refractivity contribution in [3.8, 4) is 5.69 Å². The first kappa shape index (κ1) is 19.8. The summed E-state index contributed by atoms with van der Waals surface area (Å²) in [5, 5.41) is 12.9. The van der Waals surface area contributed by atoms with E-state index in [1.807, 2.05) is 26.0 Å². The van der Waals surface area contributed by atoms with Crippen LogP contribution in [0.4, 0.5) is 4.39 Å². The van der Waals surface area contributed by atoms with Gasteiger partial charge < -0.3 is 4.90 Å². The number of tetrazole rings is 1. The van der Waals surface area contributed by atoms with Crippen LogP contribution >= 0.6 is 23.4 Å². The first-order valence-corrected chi connectivity index (χ1v) is 10.6. The van der Waals surface area contributed by atoms with E-state index in [2.05, 4.69) is 15.5 Å². The Morgan fingerprint density at radius 3 is 2.72 bits per heavy atom. The molecule has 1 unspecified atom stereocenters. The van der Waals surface area contributed by atoms with Gasteiger partial charge >= 0.3 is 0 Å². The molecular weight excluding hydrogens is 413 g/mol. The molecule has 1 saturated heterocycles. The molecule has 29 heavy (non-hydrogen) atoms. The molecule has 150 valence electrons. The Hall–Kier alpha value is -2.45. The predicted molar refractivity (Wildman–Crippen MR) is 111 cm³/mol. The van der Waals surface area contributed by atoms with Crippen molar-refractivity contribution in [3.63, 3.8) is 0 Å². The van der Waals surface area contributed by atoms with E-state index in [1.54, 1.807) is 39.5 Å². The molecule has 4 rings (SSSR count). The van der Waals surface area contributed by atoms with Gasteiger partial charge in [-0.2, -0.15) is 4.68 Å². The molecule has 9 heteroatoms. The van der Waals surface area contributed by atoms with E-state index in [0.717, 1.165) is 11.1 Å². The zero-order valence-electron chi connectivity index (χ0n) is 16.0. The van der Waals surface area contributed by atoms with Crippen molar-refractivity contribution < 1.29 is 9.18 Å². The summed E-state index contributed by atoms with van der Waals surface area (Å²) in [4.78, 5) is 14.7. The highest BCUT2D eigenvalue weighted by Gasteiger charge is 2.45. The highest BCUT2D eigenvalue weighted by atomic mass is 35.5. The lowest BCUT2D eigenvalue weighted by Crippen LogP contribution is -2.54. The molecule has 1 aliphatic rings. The smallest absolute Gasteiger partial charge is 0.233 e. The Bertz CT molecular complexity index is 1040. The number of benzene rings is 2. The third-order valence-corrected chi connectivity index (χ3v) is 6.63. The SMILES string of the molecule is Cc1cccc(Cl)c1-n1nnnc1C1(C)CSCC(=O)N1Cc1ccc(F)cc1. The Morgan fingerprint density at radius 2 is 2.00 bits per heavy atom. The molecule has 1 atom stereocenters. The Kier molecular flexibility index (Phi) is 5.31. The molecule has 3 aromatic rings. The van der Waals surface area contributed by atoms with Crippen LogP contribution in [0.2, 0.25) is 5.02 Å². The van der Waals surface area contributed by atoms with Gasteiger partial charge in [0.1, 0.15) is 11.4 Å². The summed E-state index contributed by atoms with van der Waals surface area (Å²) >= 11 is 7.99. The number of halogens is 2. The molecule has 1 aliphatic heterocycles. The van der Waals surface area contributed by atoms with Gasteiger partial charge in [-0.05, 0) is 53.6 Å². The average molecular weight is 432 g/mol. The second kappa shape index (κ2) is 7.76. The number of para-hydroxylation sites is 1. The van der Waals surface area contributed by atoms with Crippen molar-refractivity contribution in [2.45, 2.75) is 25.9 Å². The number of aromatic nitrogens is 4. The van der Waals surface area contributed by atoms with Crippen molar-refractivity contribution in [2.75, 3.05) is 11.5 Å². The third kappa shape index (κ3) is 3.62. The molecule has 0 N–H and O–H groups in total. The maximum Gasteiger partial charge on any atom is 0.233 e. The van der Waals surface area contributed by atoms with Gasteiger partial charge in [0.2, 0.25) is 5.91 Å². The molecule has 0 radical (unpaired) electrons. The van der Waals surface area contributed by atoms with Crippen LogP contribution in [0.1, 0.15) is 23.9 Å². The maximum atomic E-state index is 13.3. The monoisotopic (exact) mass is 431 g/mol. The van der Waals surface area contributed by atoms with E-state index >= 15 is 0 Å². The number of hydrogen-bond donors (Lipinski definition) is 0. The van der Waals surface area contributed by atoms with E-state index in [-0.39, 0.29) is 11.7 Å². The first-order chi connectivity index (χ1) is 13.9. The van der Waals surface area contributed by atoms with Crippen molar-refractivity contribution in [1.29, 1.82) is 0 Å². The van der Waals surface area contributed by atoms with Gasteiger partial charge in [0.15, 0.2) is 5.82 Å². The molecular formula is C20H19ClFN5OS. The van der Waals surface area contributed by atoms with Crippen LogP contribution in [0.15, 0.2) is 42.5 Å². The zero-order valence-corrected chi connectivity index (χ0v) is 17.5. The standard InChI is InChI=1S/C20H19ClFN5OS/c1-13-4-3-5-16(21)18(13)27-19(23-24-25-27)20(2)12-29-11-17(28)26(20)10-14-6-8-15(22)9-7-14/h3-9H,10-12H2,1-2H3. The number of carbonyl (C=O) groups excluding carboxylic acids is 1. The van der Waals surface area contributed by atoms with Gasteiger partial charge in [0, 0.05) is 12.3 Å². The van der Waals surface area contributed by atoms with Crippen LogP contribution in [-0.4, -0.2) is 42.5 Å². The fourth-order valence-corrected chi connectivity index (χ4v) is 4.97. The third-order valence-electron chi connectivity index (χ3n) is 5.11. The largest absolute Gasteiger partial charge is 0.324 e. The van der Waals surface area contributed by atoms with Crippen LogP contribution in [0.25, 0.3) is 5.69 Å². The fourth-order valence-electron chi connectivity index (χ4n) is 3.55. The minimum Gasteiger partial charge on any atom is -0.324 e. The fraction of sp³-hybridized carbons (Fsp3) is 0.300. The van der Waals surface area contributed by atoms with Crippen molar-refractivity contribution >= 4 is 29.3 Å². The molecule has 2 heterocycles. The van der Waals surface area contributed by atoms with Crippen molar-refractivity contribution in [3.05, 3.63) is 70.3 Å². The van der Waals surface area contributed by atoms with Gasteiger partial charge in [-0.25, -0.2) is 4.39 Å². The minimum atomic E-state index is -0.760. The summed E-state index contributed by atoms with van der Waals surface area (Å²) in [6.45, 7) is 4.23. The maximum absolute atomic E-state index is 13.3. The highest BCUT2D eigenvalue weighted by molar-refractivity contribution is 8.00. The van der Waals surface area contributed by atoms with Crippen LogP contribution in [0.5, 0.6) is 0 Å². The lowest BCUT2D eigenvalue weighted by Gasteiger charge is -2.43. The molecule has 0 saturated carbocycles. The Morgan fingerprint density at radius 1 is 1.24 bits per heavy atom.